The van der Waals surface area contributed by atoms with Crippen molar-refractivity contribution in [1.82, 2.24) is 10.6 Å². The van der Waals surface area contributed by atoms with Crippen molar-refractivity contribution in [3.05, 3.63) is 35.9 Å². The molecule has 0 bridgehead atoms. The predicted molar refractivity (Wildman–Crippen MR) is 72.9 cm³/mol. The maximum atomic E-state index is 11.5. The van der Waals surface area contributed by atoms with Crippen molar-refractivity contribution in [3.63, 3.8) is 0 Å². The number of urea groups is 1. The van der Waals surface area contributed by atoms with Crippen LogP contribution in [0.3, 0.4) is 0 Å². The summed E-state index contributed by atoms with van der Waals surface area (Å²) in [5.41, 5.74) is 0.845. The molecular formula is C12H16N2O5S. The van der Waals surface area contributed by atoms with Crippen LogP contribution in [-0.4, -0.2) is 43.6 Å². The molecule has 0 aliphatic rings. The number of nitrogens with one attached hydrogen (secondary N) is 2. The third-order valence-electron chi connectivity index (χ3n) is 2.37. The third kappa shape index (κ3) is 6.19. The van der Waals surface area contributed by atoms with Crippen molar-refractivity contribution in [3.8, 4) is 0 Å². The van der Waals surface area contributed by atoms with Crippen LogP contribution in [-0.2, 0) is 21.2 Å². The number of hydrogen-bond donors (Lipinski definition) is 3. The second-order valence-electron chi connectivity index (χ2n) is 4.30. The Hall–Kier alpha value is -2.09. The van der Waals surface area contributed by atoms with Gasteiger partial charge in [-0.1, -0.05) is 30.3 Å². The molecule has 1 aromatic carbocycles. The Morgan fingerprint density at radius 2 is 1.85 bits per heavy atom. The van der Waals surface area contributed by atoms with Gasteiger partial charge in [-0.05, 0) is 5.56 Å². The van der Waals surface area contributed by atoms with Gasteiger partial charge in [0.2, 0.25) is 0 Å². The molecule has 0 spiro atoms. The van der Waals surface area contributed by atoms with E-state index in [0.29, 0.717) is 0 Å². The number of aliphatic carboxylic acids is 1. The molecule has 1 atom stereocenters. The smallest absolute Gasteiger partial charge is 0.327 e. The molecule has 1 unspecified atom stereocenters. The van der Waals surface area contributed by atoms with E-state index >= 15 is 0 Å². The molecule has 0 fully saturated rings. The fourth-order valence-corrected chi connectivity index (χ4v) is 2.30. The first kappa shape index (κ1) is 16.0. The summed E-state index contributed by atoms with van der Waals surface area (Å²) in [4.78, 5) is 22.4. The standard InChI is InChI=1S/C12H16N2O5S/c1-20(18,19)8-10(11(15)16)14-12(17)13-7-9-5-3-2-4-6-9/h2-6,10H,7-8H2,1H3,(H,15,16)(H2,13,14,17). The average molecular weight is 300 g/mol. The first-order valence-corrected chi connectivity index (χ1v) is 7.83. The Bertz CT molecular complexity index is 571. The predicted octanol–water partition coefficient (Wildman–Crippen LogP) is -0.0164. The van der Waals surface area contributed by atoms with Gasteiger partial charge >= 0.3 is 12.0 Å². The van der Waals surface area contributed by atoms with Crippen molar-refractivity contribution in [2.24, 2.45) is 0 Å². The minimum atomic E-state index is -3.50. The van der Waals surface area contributed by atoms with E-state index in [9.17, 15) is 18.0 Å². The van der Waals surface area contributed by atoms with Gasteiger partial charge in [0.1, 0.15) is 15.9 Å². The van der Waals surface area contributed by atoms with Gasteiger partial charge in [-0.15, -0.1) is 0 Å². The first-order chi connectivity index (χ1) is 9.28. The van der Waals surface area contributed by atoms with Crippen molar-refractivity contribution in [2.45, 2.75) is 12.6 Å². The second-order valence-corrected chi connectivity index (χ2v) is 6.48. The Kier molecular flexibility index (Phi) is 5.51. The largest absolute Gasteiger partial charge is 0.480 e. The second kappa shape index (κ2) is 6.90. The summed E-state index contributed by atoms with van der Waals surface area (Å²) in [6.07, 6.45) is 0.909. The van der Waals surface area contributed by atoms with Gasteiger partial charge in [0, 0.05) is 12.8 Å². The lowest BCUT2D eigenvalue weighted by Crippen LogP contribution is -2.49. The summed E-state index contributed by atoms with van der Waals surface area (Å²) < 4.78 is 22.1. The molecule has 0 aliphatic carbocycles. The first-order valence-electron chi connectivity index (χ1n) is 5.77. The van der Waals surface area contributed by atoms with Gasteiger partial charge in [-0.25, -0.2) is 18.0 Å². The molecule has 7 nitrogen and oxygen atoms in total. The lowest BCUT2D eigenvalue weighted by atomic mass is 10.2. The molecule has 110 valence electrons. The number of benzene rings is 1. The minimum Gasteiger partial charge on any atom is -0.480 e. The highest BCUT2D eigenvalue weighted by Crippen LogP contribution is 1.97. The fourth-order valence-electron chi connectivity index (χ4n) is 1.46. The van der Waals surface area contributed by atoms with Crippen LogP contribution in [0, 0.1) is 0 Å². The zero-order chi connectivity index (χ0) is 15.2. The van der Waals surface area contributed by atoms with E-state index in [4.69, 9.17) is 5.11 Å². The molecule has 0 aliphatic heterocycles. The van der Waals surface area contributed by atoms with Gasteiger partial charge in [-0.2, -0.15) is 0 Å². The molecule has 20 heavy (non-hydrogen) atoms. The molecule has 2 amide bonds. The Morgan fingerprint density at radius 3 is 2.35 bits per heavy atom. The van der Waals surface area contributed by atoms with E-state index < -0.39 is 33.6 Å². The van der Waals surface area contributed by atoms with Crippen LogP contribution < -0.4 is 10.6 Å². The third-order valence-corrected chi connectivity index (χ3v) is 3.31. The summed E-state index contributed by atoms with van der Waals surface area (Å²) in [5.74, 6) is -2.05. The van der Waals surface area contributed by atoms with Gasteiger partial charge in [-0.3, -0.25) is 0 Å². The van der Waals surface area contributed by atoms with Crippen LogP contribution in [0.5, 0.6) is 0 Å². The van der Waals surface area contributed by atoms with Gasteiger partial charge in [0.05, 0.1) is 5.75 Å². The van der Waals surface area contributed by atoms with Crippen molar-refractivity contribution in [1.29, 1.82) is 0 Å². The zero-order valence-corrected chi connectivity index (χ0v) is 11.7. The molecule has 0 saturated carbocycles. The molecule has 0 radical (unpaired) electrons. The van der Waals surface area contributed by atoms with Crippen LogP contribution in [0.1, 0.15) is 5.56 Å². The maximum Gasteiger partial charge on any atom is 0.327 e. The van der Waals surface area contributed by atoms with Gasteiger partial charge in [0.25, 0.3) is 0 Å². The average Bonchev–Trinajstić information content (AvgIpc) is 2.35. The highest BCUT2D eigenvalue weighted by molar-refractivity contribution is 7.90. The Morgan fingerprint density at radius 1 is 1.25 bits per heavy atom. The number of rotatable bonds is 6. The number of carboxylic acids is 1. The van der Waals surface area contributed by atoms with E-state index in [1.807, 2.05) is 6.07 Å². The van der Waals surface area contributed by atoms with E-state index in [-0.39, 0.29) is 6.54 Å². The number of hydrogen-bond acceptors (Lipinski definition) is 4. The van der Waals surface area contributed by atoms with Crippen molar-refractivity contribution < 1.29 is 23.1 Å². The van der Waals surface area contributed by atoms with E-state index in [0.717, 1.165) is 11.8 Å². The maximum absolute atomic E-state index is 11.5. The minimum absolute atomic E-state index is 0.220. The summed E-state index contributed by atoms with van der Waals surface area (Å²) >= 11 is 0. The number of carbonyl (C=O) groups is 2. The normalized spacial score (nSPS) is 12.4. The molecule has 0 aromatic heterocycles. The zero-order valence-electron chi connectivity index (χ0n) is 10.9. The van der Waals surface area contributed by atoms with Crippen LogP contribution >= 0.6 is 0 Å². The van der Waals surface area contributed by atoms with E-state index in [2.05, 4.69) is 10.6 Å². The van der Waals surface area contributed by atoms with Crippen LogP contribution in [0.15, 0.2) is 30.3 Å². The van der Waals surface area contributed by atoms with E-state index in [1.165, 1.54) is 0 Å². The highest BCUT2D eigenvalue weighted by Gasteiger charge is 2.24. The topological polar surface area (TPSA) is 113 Å². The fraction of sp³-hybridized carbons (Fsp3) is 0.333. The Balaban J connectivity index is 2.52. The molecule has 0 saturated heterocycles. The lowest BCUT2D eigenvalue weighted by Gasteiger charge is -2.14. The SMILES string of the molecule is CS(=O)(=O)CC(NC(=O)NCc1ccccc1)C(=O)O. The number of sulfone groups is 1. The van der Waals surface area contributed by atoms with Crippen molar-refractivity contribution >= 4 is 21.8 Å². The van der Waals surface area contributed by atoms with Gasteiger partial charge in [0.15, 0.2) is 0 Å². The molecular weight excluding hydrogens is 284 g/mol. The highest BCUT2D eigenvalue weighted by atomic mass is 32.2. The lowest BCUT2D eigenvalue weighted by molar-refractivity contribution is -0.138. The van der Waals surface area contributed by atoms with Crippen LogP contribution in [0.25, 0.3) is 0 Å². The molecule has 0 heterocycles. The van der Waals surface area contributed by atoms with Crippen LogP contribution in [0.2, 0.25) is 0 Å². The molecule has 8 heteroatoms. The number of carbonyl (C=O) groups excluding carboxylic acids is 1. The van der Waals surface area contributed by atoms with Crippen molar-refractivity contribution in [2.75, 3.05) is 12.0 Å². The van der Waals surface area contributed by atoms with Crippen LogP contribution in [0.4, 0.5) is 4.79 Å². The van der Waals surface area contributed by atoms with Gasteiger partial charge < -0.3 is 15.7 Å². The number of amides is 2. The molecule has 1 aromatic rings. The number of carboxylic acid groups (broad SMARTS) is 1. The monoisotopic (exact) mass is 300 g/mol. The summed E-state index contributed by atoms with van der Waals surface area (Å²) in [6, 6.07) is 6.83. The Labute approximate surface area is 116 Å². The summed E-state index contributed by atoms with van der Waals surface area (Å²) in [5, 5.41) is 13.4. The quantitative estimate of drug-likeness (QED) is 0.683. The molecule has 1 rings (SSSR count). The summed E-state index contributed by atoms with van der Waals surface area (Å²) in [6.45, 7) is 0.220. The van der Waals surface area contributed by atoms with E-state index in [1.54, 1.807) is 24.3 Å². The summed E-state index contributed by atoms with van der Waals surface area (Å²) in [7, 11) is -3.50. The molecule has 3 N–H and O–H groups in total.